The molecule has 10 nitrogen and oxygen atoms in total. The fourth-order valence-electron chi connectivity index (χ4n) is 4.96. The maximum Gasteiger partial charge on any atom is 0.410 e. The van der Waals surface area contributed by atoms with Crippen LogP contribution in [0.2, 0.25) is 0 Å². The zero-order valence-corrected chi connectivity index (χ0v) is 24.1. The number of hydrogen-bond donors (Lipinski definition) is 2. The van der Waals surface area contributed by atoms with Crippen LogP contribution in [0, 0.1) is 11.8 Å². The smallest absolute Gasteiger partial charge is 0.410 e. The van der Waals surface area contributed by atoms with Gasteiger partial charge in [0.15, 0.2) is 0 Å². The summed E-state index contributed by atoms with van der Waals surface area (Å²) in [5.74, 6) is -0.234. The third-order valence-electron chi connectivity index (χ3n) is 7.02. The fourth-order valence-corrected chi connectivity index (χ4v) is 4.96. The van der Waals surface area contributed by atoms with Crippen LogP contribution < -0.4 is 15.4 Å². The predicted octanol–water partition coefficient (Wildman–Crippen LogP) is 3.80. The number of anilines is 1. The summed E-state index contributed by atoms with van der Waals surface area (Å²) in [4.78, 5) is 55.3. The Morgan fingerprint density at radius 2 is 1.64 bits per heavy atom. The van der Waals surface area contributed by atoms with E-state index in [9.17, 15) is 19.2 Å². The highest BCUT2D eigenvalue weighted by atomic mass is 16.6. The van der Waals surface area contributed by atoms with Crippen LogP contribution in [0.25, 0.3) is 0 Å². The third-order valence-corrected chi connectivity index (χ3v) is 7.02. The van der Waals surface area contributed by atoms with Gasteiger partial charge in [0, 0.05) is 31.2 Å². The molecule has 2 aliphatic heterocycles. The molecule has 4 amide bonds. The molecular weight excluding hydrogens is 500 g/mol. The first-order valence-electron chi connectivity index (χ1n) is 14.0. The Balaban J connectivity index is 1.52. The number of amides is 4. The second-order valence-corrected chi connectivity index (χ2v) is 11.6. The number of nitrogens with zero attached hydrogens (tertiary/aromatic N) is 2. The Morgan fingerprint density at radius 1 is 1.00 bits per heavy atom. The SMILES string of the molecule is CCOc1ccc(NC(=O)[C@@H](NC(=O)C2CCN(C(=O)[C@@H]3CCCN3C(=O)OC(C)(C)C)CC2)C(C)C)cc1. The summed E-state index contributed by atoms with van der Waals surface area (Å²) in [6, 6.07) is 5.89. The molecule has 0 bridgehead atoms. The van der Waals surface area contributed by atoms with Crippen molar-refractivity contribution in [1.82, 2.24) is 15.1 Å². The zero-order chi connectivity index (χ0) is 28.7. The molecule has 2 heterocycles. The van der Waals surface area contributed by atoms with Crippen molar-refractivity contribution in [3.05, 3.63) is 24.3 Å². The van der Waals surface area contributed by atoms with E-state index in [-0.39, 0.29) is 29.6 Å². The average molecular weight is 545 g/mol. The minimum absolute atomic E-state index is 0.0907. The molecule has 2 fully saturated rings. The minimum atomic E-state index is -0.690. The van der Waals surface area contributed by atoms with Crippen molar-refractivity contribution in [2.24, 2.45) is 11.8 Å². The lowest BCUT2D eigenvalue weighted by molar-refractivity contribution is -0.139. The molecule has 10 heteroatoms. The highest BCUT2D eigenvalue weighted by molar-refractivity contribution is 5.97. The Hall–Kier alpha value is -3.30. The predicted molar refractivity (Wildman–Crippen MR) is 148 cm³/mol. The first-order valence-corrected chi connectivity index (χ1v) is 14.0. The Bertz CT molecular complexity index is 1010. The van der Waals surface area contributed by atoms with Crippen molar-refractivity contribution in [3.63, 3.8) is 0 Å². The number of ether oxygens (including phenoxy) is 2. The van der Waals surface area contributed by atoms with Crippen molar-refractivity contribution in [1.29, 1.82) is 0 Å². The van der Waals surface area contributed by atoms with Crippen molar-refractivity contribution in [2.75, 3.05) is 31.6 Å². The van der Waals surface area contributed by atoms with E-state index in [4.69, 9.17) is 9.47 Å². The lowest BCUT2D eigenvalue weighted by Crippen LogP contribution is -2.53. The van der Waals surface area contributed by atoms with Gasteiger partial charge in [0.1, 0.15) is 23.4 Å². The number of carbonyl (C=O) groups is 4. The summed E-state index contributed by atoms with van der Waals surface area (Å²) in [5.41, 5.74) is 0.000291. The third kappa shape index (κ3) is 8.34. The summed E-state index contributed by atoms with van der Waals surface area (Å²) in [7, 11) is 0. The fraction of sp³-hybridized carbons (Fsp3) is 0.655. The van der Waals surface area contributed by atoms with Crippen molar-refractivity contribution in [2.45, 2.75) is 84.9 Å². The Kier molecular flexibility index (Phi) is 10.2. The largest absolute Gasteiger partial charge is 0.494 e. The van der Waals surface area contributed by atoms with Gasteiger partial charge >= 0.3 is 6.09 Å². The van der Waals surface area contributed by atoms with E-state index in [1.165, 1.54) is 4.90 Å². The molecule has 0 unspecified atom stereocenters. The molecule has 1 aromatic carbocycles. The van der Waals surface area contributed by atoms with E-state index in [0.717, 1.165) is 12.2 Å². The molecule has 0 radical (unpaired) electrons. The van der Waals surface area contributed by atoms with E-state index in [1.54, 1.807) is 49.9 Å². The summed E-state index contributed by atoms with van der Waals surface area (Å²) in [6.07, 6.45) is 1.90. The van der Waals surface area contributed by atoms with Crippen LogP contribution in [0.15, 0.2) is 24.3 Å². The Morgan fingerprint density at radius 3 is 2.21 bits per heavy atom. The number of piperidine rings is 1. The molecule has 0 spiro atoms. The molecule has 3 rings (SSSR count). The number of likely N-dealkylation sites (tertiary alicyclic amines) is 2. The second kappa shape index (κ2) is 13.2. The molecule has 0 aromatic heterocycles. The van der Waals surface area contributed by atoms with Crippen LogP contribution in [0.4, 0.5) is 10.5 Å². The van der Waals surface area contributed by atoms with E-state index in [2.05, 4.69) is 10.6 Å². The van der Waals surface area contributed by atoms with E-state index in [0.29, 0.717) is 51.2 Å². The van der Waals surface area contributed by atoms with Crippen LogP contribution in [0.3, 0.4) is 0 Å². The van der Waals surface area contributed by atoms with Gasteiger partial charge in [0.25, 0.3) is 0 Å². The second-order valence-electron chi connectivity index (χ2n) is 11.6. The van der Waals surface area contributed by atoms with E-state index < -0.39 is 23.8 Å². The van der Waals surface area contributed by atoms with E-state index >= 15 is 0 Å². The summed E-state index contributed by atoms with van der Waals surface area (Å²) in [5, 5.41) is 5.81. The number of carbonyl (C=O) groups excluding carboxylic acids is 4. The summed E-state index contributed by atoms with van der Waals surface area (Å²) < 4.78 is 10.9. The molecule has 216 valence electrons. The minimum Gasteiger partial charge on any atom is -0.494 e. The number of benzene rings is 1. The average Bonchev–Trinajstić information content (AvgIpc) is 3.37. The standard InChI is InChI=1S/C29H44N4O6/c1-7-38-22-12-10-21(11-13-22)30-26(35)24(19(2)3)31-25(34)20-14-17-32(18-15-20)27(36)23-9-8-16-33(23)28(37)39-29(4,5)6/h10-13,19-20,23-24H,7-9,14-18H2,1-6H3,(H,30,35)(H,31,34)/t23-,24-/m0/s1. The molecule has 2 N–H and O–H groups in total. The van der Waals surface area contributed by atoms with Crippen LogP contribution in [0.5, 0.6) is 5.75 Å². The number of rotatable bonds is 8. The molecule has 2 saturated heterocycles. The van der Waals surface area contributed by atoms with Gasteiger partial charge in [0.2, 0.25) is 17.7 Å². The number of hydrogen-bond acceptors (Lipinski definition) is 6. The molecular formula is C29H44N4O6. The topological polar surface area (TPSA) is 117 Å². The maximum absolute atomic E-state index is 13.3. The van der Waals surface area contributed by atoms with Gasteiger partial charge in [-0.05, 0) is 83.6 Å². The van der Waals surface area contributed by atoms with Gasteiger partial charge in [-0.15, -0.1) is 0 Å². The zero-order valence-electron chi connectivity index (χ0n) is 24.1. The molecule has 1 aromatic rings. The Labute approximate surface area is 231 Å². The van der Waals surface area contributed by atoms with Gasteiger partial charge in [-0.25, -0.2) is 4.79 Å². The highest BCUT2D eigenvalue weighted by Gasteiger charge is 2.40. The van der Waals surface area contributed by atoms with Crippen LogP contribution in [-0.4, -0.2) is 77.5 Å². The van der Waals surface area contributed by atoms with Crippen LogP contribution in [-0.2, 0) is 19.1 Å². The molecule has 0 saturated carbocycles. The summed E-state index contributed by atoms with van der Waals surface area (Å²) in [6.45, 7) is 13.0. The normalized spacial score (nSPS) is 19.0. The maximum atomic E-state index is 13.3. The monoisotopic (exact) mass is 544 g/mol. The van der Waals surface area contributed by atoms with Gasteiger partial charge in [-0.2, -0.15) is 0 Å². The molecule has 39 heavy (non-hydrogen) atoms. The highest BCUT2D eigenvalue weighted by Crippen LogP contribution is 2.26. The first kappa shape index (κ1) is 30.2. The van der Waals surface area contributed by atoms with Crippen LogP contribution >= 0.6 is 0 Å². The lowest BCUT2D eigenvalue weighted by Gasteiger charge is -2.36. The van der Waals surface area contributed by atoms with Gasteiger partial charge in [0.05, 0.1) is 6.61 Å². The molecule has 2 aliphatic rings. The summed E-state index contributed by atoms with van der Waals surface area (Å²) >= 11 is 0. The number of nitrogens with one attached hydrogen (secondary N) is 2. The quantitative estimate of drug-likeness (QED) is 0.514. The van der Waals surface area contributed by atoms with Crippen molar-refractivity contribution >= 4 is 29.5 Å². The first-order chi connectivity index (χ1) is 18.4. The van der Waals surface area contributed by atoms with E-state index in [1.807, 2.05) is 20.8 Å². The van der Waals surface area contributed by atoms with Gasteiger partial charge in [-0.3, -0.25) is 19.3 Å². The van der Waals surface area contributed by atoms with Crippen molar-refractivity contribution < 1.29 is 28.7 Å². The van der Waals surface area contributed by atoms with Crippen molar-refractivity contribution in [3.8, 4) is 5.75 Å². The van der Waals surface area contributed by atoms with Gasteiger partial charge < -0.3 is 25.0 Å². The lowest BCUT2D eigenvalue weighted by atomic mass is 9.94. The molecule has 0 aliphatic carbocycles. The van der Waals surface area contributed by atoms with Gasteiger partial charge in [-0.1, -0.05) is 13.8 Å². The molecule has 2 atom stereocenters. The van der Waals surface area contributed by atoms with Crippen LogP contribution in [0.1, 0.15) is 67.2 Å².